The number of carbonyl (C=O) groups excluding carboxylic acids is 1. The SMILES string of the molecule is Cc1ccc(-c2nc(C(=O)Nc3cc(Cl)ccc3C)nn2-c2ccc(Br)cc2)cc1. The number of hydrogen-bond acceptors (Lipinski definition) is 3. The van der Waals surface area contributed by atoms with Crippen LogP contribution in [0.5, 0.6) is 0 Å². The van der Waals surface area contributed by atoms with Crippen LogP contribution in [0.1, 0.15) is 21.7 Å². The van der Waals surface area contributed by atoms with E-state index >= 15 is 0 Å². The van der Waals surface area contributed by atoms with E-state index in [0.29, 0.717) is 16.5 Å². The summed E-state index contributed by atoms with van der Waals surface area (Å²) in [4.78, 5) is 17.5. The van der Waals surface area contributed by atoms with Gasteiger partial charge in [0.15, 0.2) is 5.82 Å². The zero-order valence-electron chi connectivity index (χ0n) is 16.4. The minimum absolute atomic E-state index is 0.0767. The minimum Gasteiger partial charge on any atom is -0.319 e. The van der Waals surface area contributed by atoms with Crippen molar-refractivity contribution >= 4 is 39.1 Å². The number of halogens is 2. The number of carbonyl (C=O) groups is 1. The Labute approximate surface area is 187 Å². The van der Waals surface area contributed by atoms with Gasteiger partial charge in [-0.25, -0.2) is 9.67 Å². The maximum absolute atomic E-state index is 12.9. The molecule has 0 fully saturated rings. The predicted molar refractivity (Wildman–Crippen MR) is 123 cm³/mol. The van der Waals surface area contributed by atoms with Gasteiger partial charge in [-0.2, -0.15) is 0 Å². The molecule has 4 rings (SSSR count). The van der Waals surface area contributed by atoms with E-state index in [4.69, 9.17) is 11.6 Å². The van der Waals surface area contributed by atoms with Gasteiger partial charge in [-0.1, -0.05) is 63.4 Å². The second-order valence-electron chi connectivity index (χ2n) is 6.93. The molecule has 3 aromatic carbocycles. The molecule has 150 valence electrons. The highest BCUT2D eigenvalue weighted by Gasteiger charge is 2.19. The summed E-state index contributed by atoms with van der Waals surface area (Å²) in [6, 6.07) is 21.0. The molecule has 0 aliphatic carbocycles. The van der Waals surface area contributed by atoms with E-state index in [1.165, 1.54) is 0 Å². The maximum Gasteiger partial charge on any atom is 0.295 e. The Morgan fingerprint density at radius 3 is 2.40 bits per heavy atom. The molecule has 5 nitrogen and oxygen atoms in total. The topological polar surface area (TPSA) is 59.8 Å². The van der Waals surface area contributed by atoms with Gasteiger partial charge in [-0.05, 0) is 55.8 Å². The Morgan fingerprint density at radius 1 is 1.00 bits per heavy atom. The van der Waals surface area contributed by atoms with Crippen molar-refractivity contribution in [2.24, 2.45) is 0 Å². The van der Waals surface area contributed by atoms with Crippen LogP contribution in [0.15, 0.2) is 71.2 Å². The van der Waals surface area contributed by atoms with E-state index in [9.17, 15) is 4.79 Å². The first-order valence-corrected chi connectivity index (χ1v) is 10.5. The van der Waals surface area contributed by atoms with Crippen LogP contribution >= 0.6 is 27.5 Å². The molecule has 0 atom stereocenters. The average Bonchev–Trinajstić information content (AvgIpc) is 3.17. The first-order valence-electron chi connectivity index (χ1n) is 9.28. The summed E-state index contributed by atoms with van der Waals surface area (Å²) < 4.78 is 2.63. The highest BCUT2D eigenvalue weighted by atomic mass is 79.9. The largest absolute Gasteiger partial charge is 0.319 e. The van der Waals surface area contributed by atoms with E-state index in [1.807, 2.05) is 68.4 Å². The summed E-state index contributed by atoms with van der Waals surface area (Å²) >= 11 is 9.52. The lowest BCUT2D eigenvalue weighted by Crippen LogP contribution is -2.15. The summed E-state index contributed by atoms with van der Waals surface area (Å²) in [7, 11) is 0. The standard InChI is InChI=1S/C23H18BrClN4O/c1-14-3-6-16(7-4-14)22-27-21(28-29(22)19-11-8-17(24)9-12-19)23(30)26-20-13-18(25)10-5-15(20)2/h3-13H,1-2H3,(H,26,30). The average molecular weight is 482 g/mol. The summed E-state index contributed by atoms with van der Waals surface area (Å²) in [5, 5.41) is 7.91. The summed E-state index contributed by atoms with van der Waals surface area (Å²) in [6.07, 6.45) is 0. The van der Waals surface area contributed by atoms with Crippen molar-refractivity contribution < 1.29 is 4.79 Å². The Hall–Kier alpha value is -2.96. The van der Waals surface area contributed by atoms with Crippen molar-refractivity contribution in [2.75, 3.05) is 5.32 Å². The number of nitrogens with one attached hydrogen (secondary N) is 1. The van der Waals surface area contributed by atoms with Crippen LogP contribution < -0.4 is 5.32 Å². The molecular weight excluding hydrogens is 464 g/mol. The van der Waals surface area contributed by atoms with Gasteiger partial charge in [0.1, 0.15) is 0 Å². The monoisotopic (exact) mass is 480 g/mol. The molecule has 0 radical (unpaired) electrons. The second-order valence-corrected chi connectivity index (χ2v) is 8.28. The van der Waals surface area contributed by atoms with Gasteiger partial charge in [0.2, 0.25) is 5.82 Å². The van der Waals surface area contributed by atoms with E-state index in [-0.39, 0.29) is 5.82 Å². The van der Waals surface area contributed by atoms with Gasteiger partial charge < -0.3 is 5.32 Å². The molecule has 0 unspecified atom stereocenters. The predicted octanol–water partition coefficient (Wildman–Crippen LogP) is 6.22. The lowest BCUT2D eigenvalue weighted by atomic mass is 10.1. The van der Waals surface area contributed by atoms with Gasteiger partial charge in [-0.15, -0.1) is 5.10 Å². The van der Waals surface area contributed by atoms with Gasteiger partial charge >= 0.3 is 0 Å². The third kappa shape index (κ3) is 4.30. The molecule has 0 bridgehead atoms. The summed E-state index contributed by atoms with van der Waals surface area (Å²) in [5.74, 6) is 0.266. The normalized spacial score (nSPS) is 10.8. The second kappa shape index (κ2) is 8.42. The molecule has 7 heteroatoms. The Balaban J connectivity index is 1.76. The summed E-state index contributed by atoms with van der Waals surface area (Å²) in [6.45, 7) is 3.92. The molecule has 0 aliphatic heterocycles. The third-order valence-electron chi connectivity index (χ3n) is 4.64. The van der Waals surface area contributed by atoms with Crippen molar-refractivity contribution in [1.29, 1.82) is 0 Å². The fourth-order valence-electron chi connectivity index (χ4n) is 2.97. The Kier molecular flexibility index (Phi) is 5.70. The molecule has 0 saturated heterocycles. The van der Waals surface area contributed by atoms with Gasteiger partial charge in [0.05, 0.1) is 5.69 Å². The molecule has 0 aliphatic rings. The van der Waals surface area contributed by atoms with Gasteiger partial charge in [-0.3, -0.25) is 4.79 Å². The zero-order valence-corrected chi connectivity index (χ0v) is 18.7. The fourth-order valence-corrected chi connectivity index (χ4v) is 3.40. The zero-order chi connectivity index (χ0) is 21.3. The lowest BCUT2D eigenvalue weighted by molar-refractivity contribution is 0.101. The number of benzene rings is 3. The number of aromatic nitrogens is 3. The van der Waals surface area contributed by atoms with Crippen molar-refractivity contribution in [3.63, 3.8) is 0 Å². The molecule has 30 heavy (non-hydrogen) atoms. The lowest BCUT2D eigenvalue weighted by Gasteiger charge is -2.07. The van der Waals surface area contributed by atoms with Gasteiger partial charge in [0.25, 0.3) is 5.91 Å². The molecule has 0 saturated carbocycles. The van der Waals surface area contributed by atoms with E-state index in [0.717, 1.165) is 26.9 Å². The molecule has 1 heterocycles. The Morgan fingerprint density at radius 2 is 1.70 bits per heavy atom. The number of aryl methyl sites for hydroxylation is 2. The van der Waals surface area contributed by atoms with Crippen LogP contribution in [0.25, 0.3) is 17.1 Å². The van der Waals surface area contributed by atoms with Crippen LogP contribution in [0, 0.1) is 13.8 Å². The number of rotatable bonds is 4. The maximum atomic E-state index is 12.9. The third-order valence-corrected chi connectivity index (χ3v) is 5.40. The quantitative estimate of drug-likeness (QED) is 0.376. The smallest absolute Gasteiger partial charge is 0.295 e. The number of hydrogen-bond donors (Lipinski definition) is 1. The molecule has 1 N–H and O–H groups in total. The highest BCUT2D eigenvalue weighted by Crippen LogP contribution is 2.24. The van der Waals surface area contributed by atoms with Gasteiger partial charge in [0, 0.05) is 20.7 Å². The van der Waals surface area contributed by atoms with Crippen molar-refractivity contribution in [2.45, 2.75) is 13.8 Å². The molecule has 1 aromatic heterocycles. The van der Waals surface area contributed by atoms with Crippen molar-refractivity contribution in [3.05, 3.63) is 93.2 Å². The molecule has 0 spiro atoms. The highest BCUT2D eigenvalue weighted by molar-refractivity contribution is 9.10. The first kappa shape index (κ1) is 20.3. The molecule has 4 aromatic rings. The Bertz CT molecular complexity index is 1150. The molecule has 1 amide bonds. The van der Waals surface area contributed by atoms with Crippen molar-refractivity contribution in [1.82, 2.24) is 14.8 Å². The van der Waals surface area contributed by atoms with E-state index in [1.54, 1.807) is 16.8 Å². The number of amides is 1. The van der Waals surface area contributed by atoms with Crippen LogP contribution in [0.4, 0.5) is 5.69 Å². The minimum atomic E-state index is -0.399. The van der Waals surface area contributed by atoms with Crippen LogP contribution in [0.3, 0.4) is 0 Å². The molecular formula is C23H18BrClN4O. The van der Waals surface area contributed by atoms with Crippen LogP contribution in [0.2, 0.25) is 5.02 Å². The fraction of sp³-hybridized carbons (Fsp3) is 0.0870. The van der Waals surface area contributed by atoms with Crippen LogP contribution in [-0.2, 0) is 0 Å². The number of nitrogens with zero attached hydrogens (tertiary/aromatic N) is 3. The van der Waals surface area contributed by atoms with E-state index in [2.05, 4.69) is 31.3 Å². The van der Waals surface area contributed by atoms with E-state index < -0.39 is 5.91 Å². The van der Waals surface area contributed by atoms with Crippen molar-refractivity contribution in [3.8, 4) is 17.1 Å². The summed E-state index contributed by atoms with van der Waals surface area (Å²) in [5.41, 5.74) is 4.35. The first-order chi connectivity index (χ1) is 14.4. The number of anilines is 1. The van der Waals surface area contributed by atoms with Crippen LogP contribution in [-0.4, -0.2) is 20.7 Å².